The summed E-state index contributed by atoms with van der Waals surface area (Å²) >= 11 is 0. The first-order chi connectivity index (χ1) is 33.1. The van der Waals surface area contributed by atoms with Crippen molar-refractivity contribution in [3.8, 4) is 50.2 Å². The van der Waals surface area contributed by atoms with Crippen LogP contribution in [-0.2, 0) is 5.41 Å². The fraction of sp³-hybridized carbons (Fsp3) is 0.108. The summed E-state index contributed by atoms with van der Waals surface area (Å²) in [6.45, 7) is 4.68. The highest BCUT2D eigenvalue weighted by atomic mass is 15.1. The lowest BCUT2D eigenvalue weighted by Crippen LogP contribution is -2.24. The van der Waals surface area contributed by atoms with Crippen LogP contribution >= 0.6 is 0 Å². The van der Waals surface area contributed by atoms with Crippen LogP contribution in [0.2, 0.25) is 0 Å². The van der Waals surface area contributed by atoms with Gasteiger partial charge in [-0.15, -0.1) is 0 Å². The van der Waals surface area contributed by atoms with Gasteiger partial charge in [0.15, 0.2) is 0 Å². The Morgan fingerprint density at radius 3 is 1.40 bits per heavy atom. The molecule has 1 aliphatic carbocycles. The second-order valence-corrected chi connectivity index (χ2v) is 18.4. The Morgan fingerprint density at radius 2 is 0.836 bits per heavy atom. The van der Waals surface area contributed by atoms with Crippen molar-refractivity contribution < 1.29 is 0 Å². The molecule has 0 saturated heterocycles. The zero-order valence-corrected chi connectivity index (χ0v) is 38.2. The number of aromatic nitrogens is 1. The summed E-state index contributed by atoms with van der Waals surface area (Å²) in [6.07, 6.45) is 4.59. The molecule has 0 unspecified atom stereocenters. The maximum absolute atomic E-state index is 2.54. The summed E-state index contributed by atoms with van der Waals surface area (Å²) in [5.74, 6) is 0. The quantitative estimate of drug-likeness (QED) is 0.126. The first-order valence-electron chi connectivity index (χ1n) is 24.0. The molecule has 2 nitrogen and oxygen atoms in total. The molecule has 0 saturated carbocycles. The Kier molecular flexibility index (Phi) is 10.2. The molecule has 10 aromatic carbocycles. The monoisotopic (exact) mass is 860 g/mol. The summed E-state index contributed by atoms with van der Waals surface area (Å²) < 4.78 is 2.43. The lowest BCUT2D eigenvalue weighted by Gasteiger charge is -2.32. The maximum atomic E-state index is 2.54. The standard InChI is InChI=1S/C65H52N2/c1-3-38-65(39-4-2)61-23-15-14-22-57(61)58-41-51-26-31-56(40-52(51)44-62(58)65)66(53-29-24-48(25-30-53)45-16-8-5-9-17-45)54-32-34-55(35-33-54)67-63-36-27-49(46-18-10-6-11-19-46)42-59(63)60-43-50(28-37-64(60)67)47-20-12-7-13-21-47/h5-37,40-44H,3-4,38-39H2,1-2H3. The van der Waals surface area contributed by atoms with Crippen LogP contribution in [0.3, 0.4) is 0 Å². The highest BCUT2D eigenvalue weighted by Crippen LogP contribution is 2.55. The van der Waals surface area contributed by atoms with E-state index in [4.69, 9.17) is 0 Å². The first-order valence-corrected chi connectivity index (χ1v) is 24.0. The van der Waals surface area contributed by atoms with E-state index in [1.54, 1.807) is 0 Å². The van der Waals surface area contributed by atoms with Crippen molar-refractivity contribution in [2.24, 2.45) is 0 Å². The molecule has 1 heterocycles. The number of anilines is 3. The average Bonchev–Trinajstić information content (AvgIpc) is 3.85. The van der Waals surface area contributed by atoms with Crippen molar-refractivity contribution in [2.75, 3.05) is 4.90 Å². The van der Waals surface area contributed by atoms with E-state index in [1.165, 1.54) is 88.2 Å². The first kappa shape index (κ1) is 40.6. The largest absolute Gasteiger partial charge is 0.310 e. The van der Waals surface area contributed by atoms with E-state index in [0.717, 1.165) is 48.4 Å². The molecule has 0 amide bonds. The normalized spacial score (nSPS) is 12.7. The van der Waals surface area contributed by atoms with Gasteiger partial charge in [-0.1, -0.05) is 172 Å². The van der Waals surface area contributed by atoms with Gasteiger partial charge in [0, 0.05) is 38.9 Å². The number of fused-ring (bicyclic) bond motifs is 7. The predicted molar refractivity (Wildman–Crippen MR) is 285 cm³/mol. The molecule has 11 aromatic rings. The van der Waals surface area contributed by atoms with Crippen LogP contribution in [0.5, 0.6) is 0 Å². The molecule has 1 aromatic heterocycles. The van der Waals surface area contributed by atoms with Gasteiger partial charge in [-0.25, -0.2) is 0 Å². The molecule has 0 N–H and O–H groups in total. The molecule has 322 valence electrons. The summed E-state index contributed by atoms with van der Waals surface area (Å²) in [5, 5.41) is 5.03. The number of rotatable bonds is 11. The lowest BCUT2D eigenvalue weighted by molar-refractivity contribution is 0.436. The van der Waals surface area contributed by atoms with Gasteiger partial charge in [0.2, 0.25) is 0 Å². The van der Waals surface area contributed by atoms with Crippen LogP contribution in [0.1, 0.15) is 50.7 Å². The predicted octanol–water partition coefficient (Wildman–Crippen LogP) is 18.3. The van der Waals surface area contributed by atoms with E-state index in [9.17, 15) is 0 Å². The molecule has 0 atom stereocenters. The van der Waals surface area contributed by atoms with Crippen LogP contribution < -0.4 is 4.90 Å². The number of benzene rings is 10. The highest BCUT2D eigenvalue weighted by molar-refractivity contribution is 6.11. The third-order valence-corrected chi connectivity index (χ3v) is 14.4. The van der Waals surface area contributed by atoms with Crippen LogP contribution in [-0.4, -0.2) is 4.57 Å². The van der Waals surface area contributed by atoms with Gasteiger partial charge in [-0.3, -0.25) is 0 Å². The Labute approximate surface area is 394 Å². The fourth-order valence-corrected chi connectivity index (χ4v) is 11.4. The third-order valence-electron chi connectivity index (χ3n) is 14.4. The zero-order chi connectivity index (χ0) is 44.9. The molecule has 0 fully saturated rings. The van der Waals surface area contributed by atoms with E-state index in [-0.39, 0.29) is 5.41 Å². The van der Waals surface area contributed by atoms with Crippen LogP contribution in [0.15, 0.2) is 231 Å². The van der Waals surface area contributed by atoms with Gasteiger partial charge in [-0.2, -0.15) is 0 Å². The Hall–Kier alpha value is -7.94. The van der Waals surface area contributed by atoms with Crippen LogP contribution in [0.25, 0.3) is 82.8 Å². The van der Waals surface area contributed by atoms with Crippen molar-refractivity contribution >= 4 is 49.6 Å². The molecule has 0 radical (unpaired) electrons. The SMILES string of the molecule is CCCC1(CCC)c2ccccc2-c2cc3ccc(N(c4ccc(-c5ccccc5)cc4)c4ccc(-n5c6ccc(-c7ccccc7)cc6c6cc(-c7ccccc7)ccc65)cc4)cc3cc21. The zero-order valence-electron chi connectivity index (χ0n) is 38.2. The van der Waals surface area contributed by atoms with E-state index >= 15 is 0 Å². The van der Waals surface area contributed by atoms with Gasteiger partial charge in [-0.05, 0) is 164 Å². The van der Waals surface area contributed by atoms with Crippen molar-refractivity contribution in [2.45, 2.75) is 44.9 Å². The lowest BCUT2D eigenvalue weighted by atomic mass is 9.71. The summed E-state index contributed by atoms with van der Waals surface area (Å²) in [6, 6.07) is 85.5. The summed E-state index contributed by atoms with van der Waals surface area (Å²) in [4.78, 5) is 2.43. The van der Waals surface area contributed by atoms with E-state index in [1.807, 2.05) is 0 Å². The molecule has 0 aliphatic heterocycles. The number of hydrogen-bond acceptors (Lipinski definition) is 1. The minimum Gasteiger partial charge on any atom is -0.310 e. The number of nitrogens with zero attached hydrogens (tertiary/aromatic N) is 2. The molecular formula is C65H52N2. The Morgan fingerprint density at radius 1 is 0.358 bits per heavy atom. The Balaban J connectivity index is 0.998. The average molecular weight is 861 g/mol. The van der Waals surface area contributed by atoms with Gasteiger partial charge < -0.3 is 9.47 Å². The molecule has 0 bridgehead atoms. The highest BCUT2D eigenvalue weighted by Gasteiger charge is 2.41. The second kappa shape index (κ2) is 16.8. The molecule has 0 spiro atoms. The van der Waals surface area contributed by atoms with E-state index in [0.29, 0.717) is 0 Å². The summed E-state index contributed by atoms with van der Waals surface area (Å²) in [7, 11) is 0. The Bertz CT molecular complexity index is 3460. The van der Waals surface area contributed by atoms with Crippen molar-refractivity contribution in [1.29, 1.82) is 0 Å². The van der Waals surface area contributed by atoms with Crippen LogP contribution in [0.4, 0.5) is 17.1 Å². The van der Waals surface area contributed by atoms with Gasteiger partial charge >= 0.3 is 0 Å². The van der Waals surface area contributed by atoms with E-state index in [2.05, 4.69) is 254 Å². The molecular weight excluding hydrogens is 809 g/mol. The molecule has 1 aliphatic rings. The molecule has 2 heteroatoms. The second-order valence-electron chi connectivity index (χ2n) is 18.4. The molecule has 12 rings (SSSR count). The molecule has 67 heavy (non-hydrogen) atoms. The summed E-state index contributed by atoms with van der Waals surface area (Å²) in [5.41, 5.74) is 20.0. The van der Waals surface area contributed by atoms with Crippen molar-refractivity contribution in [3.05, 3.63) is 242 Å². The van der Waals surface area contributed by atoms with Crippen molar-refractivity contribution in [3.63, 3.8) is 0 Å². The van der Waals surface area contributed by atoms with Gasteiger partial charge in [0.1, 0.15) is 0 Å². The smallest absolute Gasteiger partial charge is 0.0541 e. The number of hydrogen-bond donors (Lipinski definition) is 0. The fourth-order valence-electron chi connectivity index (χ4n) is 11.4. The minimum atomic E-state index is 0.0292. The van der Waals surface area contributed by atoms with Gasteiger partial charge in [0.05, 0.1) is 11.0 Å². The topological polar surface area (TPSA) is 8.17 Å². The van der Waals surface area contributed by atoms with Gasteiger partial charge in [0.25, 0.3) is 0 Å². The maximum Gasteiger partial charge on any atom is 0.0541 e. The van der Waals surface area contributed by atoms with Crippen LogP contribution in [0, 0.1) is 0 Å². The van der Waals surface area contributed by atoms with Crippen molar-refractivity contribution in [1.82, 2.24) is 4.57 Å². The van der Waals surface area contributed by atoms with E-state index < -0.39 is 0 Å². The third kappa shape index (κ3) is 6.95. The minimum absolute atomic E-state index is 0.0292.